The summed E-state index contributed by atoms with van der Waals surface area (Å²) in [6.45, 7) is 4.00. The van der Waals surface area contributed by atoms with Gasteiger partial charge in [0.05, 0.1) is 12.2 Å². The molecular weight excluding hydrogens is 288 g/mol. The second kappa shape index (κ2) is 6.50. The Kier molecular flexibility index (Phi) is 4.70. The third-order valence-corrected chi connectivity index (χ3v) is 3.42. The molecule has 0 amide bonds. The Morgan fingerprint density at radius 2 is 1.90 bits per heavy atom. The fraction of sp³-hybridized carbons (Fsp3) is 0.188. The first-order valence-corrected chi connectivity index (χ1v) is 6.99. The summed E-state index contributed by atoms with van der Waals surface area (Å²) in [7, 11) is 0. The van der Waals surface area contributed by atoms with E-state index < -0.39 is 5.97 Å². The van der Waals surface area contributed by atoms with Crippen LogP contribution in [0.4, 0.5) is 17.1 Å². The number of benzene rings is 2. The van der Waals surface area contributed by atoms with Crippen molar-refractivity contribution < 1.29 is 9.53 Å². The van der Waals surface area contributed by atoms with Gasteiger partial charge in [0, 0.05) is 22.1 Å². The average molecular weight is 305 g/mol. The molecule has 4 nitrogen and oxygen atoms in total. The summed E-state index contributed by atoms with van der Waals surface area (Å²) < 4.78 is 4.98. The highest BCUT2D eigenvalue weighted by molar-refractivity contribution is 6.31. The van der Waals surface area contributed by atoms with Gasteiger partial charge in [-0.3, -0.25) is 0 Å². The number of hydrogen-bond donors (Lipinski definition) is 2. The maximum absolute atomic E-state index is 11.8. The van der Waals surface area contributed by atoms with Crippen LogP contribution in [0.2, 0.25) is 5.02 Å². The summed E-state index contributed by atoms with van der Waals surface area (Å²) >= 11 is 6.09. The fourth-order valence-electron chi connectivity index (χ4n) is 1.86. The summed E-state index contributed by atoms with van der Waals surface area (Å²) in [4.78, 5) is 11.8. The van der Waals surface area contributed by atoms with Crippen LogP contribution < -0.4 is 11.1 Å². The van der Waals surface area contributed by atoms with Gasteiger partial charge in [-0.15, -0.1) is 0 Å². The topological polar surface area (TPSA) is 64.3 Å². The van der Waals surface area contributed by atoms with E-state index in [1.807, 2.05) is 25.1 Å². The molecule has 0 fully saturated rings. The minimum Gasteiger partial charge on any atom is -0.462 e. The third kappa shape index (κ3) is 3.67. The van der Waals surface area contributed by atoms with Crippen molar-refractivity contribution >= 4 is 34.6 Å². The zero-order chi connectivity index (χ0) is 15.4. The summed E-state index contributed by atoms with van der Waals surface area (Å²) in [5.41, 5.74) is 9.13. The van der Waals surface area contributed by atoms with Crippen LogP contribution in [0.1, 0.15) is 22.8 Å². The standard InChI is InChI=1S/C16H17ClN2O2/c1-3-21-16(20)13-8-11(6-7-15(13)18)19-12-5-4-10(2)14(17)9-12/h4-9,19H,3,18H2,1-2H3. The smallest absolute Gasteiger partial charge is 0.340 e. The van der Waals surface area contributed by atoms with E-state index in [4.69, 9.17) is 22.1 Å². The predicted octanol–water partition coefficient (Wildman–Crippen LogP) is 4.15. The molecule has 0 heterocycles. The molecule has 0 aromatic heterocycles. The van der Waals surface area contributed by atoms with Gasteiger partial charge in [0.1, 0.15) is 0 Å². The summed E-state index contributed by atoms with van der Waals surface area (Å²) in [6, 6.07) is 10.8. The van der Waals surface area contributed by atoms with Gasteiger partial charge in [0.25, 0.3) is 0 Å². The number of ether oxygens (including phenoxy) is 1. The Bertz CT molecular complexity index is 671. The second-order valence-electron chi connectivity index (χ2n) is 4.61. The zero-order valence-electron chi connectivity index (χ0n) is 11.9. The van der Waals surface area contributed by atoms with E-state index in [0.29, 0.717) is 22.9 Å². The number of hydrogen-bond acceptors (Lipinski definition) is 4. The van der Waals surface area contributed by atoms with Gasteiger partial charge in [0.15, 0.2) is 0 Å². The van der Waals surface area contributed by atoms with Crippen LogP contribution in [-0.4, -0.2) is 12.6 Å². The highest BCUT2D eigenvalue weighted by Gasteiger charge is 2.11. The molecule has 0 saturated heterocycles. The average Bonchev–Trinajstić information content (AvgIpc) is 2.45. The van der Waals surface area contributed by atoms with Gasteiger partial charge in [-0.2, -0.15) is 0 Å². The van der Waals surface area contributed by atoms with Crippen LogP contribution in [0.5, 0.6) is 0 Å². The molecule has 110 valence electrons. The molecule has 3 N–H and O–H groups in total. The van der Waals surface area contributed by atoms with Crippen LogP contribution in [0.15, 0.2) is 36.4 Å². The normalized spacial score (nSPS) is 10.2. The third-order valence-electron chi connectivity index (χ3n) is 3.01. The number of anilines is 3. The summed E-state index contributed by atoms with van der Waals surface area (Å²) in [5, 5.41) is 3.87. The number of nitrogens with one attached hydrogen (secondary N) is 1. The van der Waals surface area contributed by atoms with E-state index in [9.17, 15) is 4.79 Å². The first kappa shape index (κ1) is 15.2. The Hall–Kier alpha value is -2.20. The Morgan fingerprint density at radius 3 is 2.57 bits per heavy atom. The number of aryl methyl sites for hydroxylation is 1. The van der Waals surface area contributed by atoms with E-state index in [1.54, 1.807) is 25.1 Å². The Morgan fingerprint density at radius 1 is 1.24 bits per heavy atom. The van der Waals surface area contributed by atoms with Crippen LogP contribution in [0.25, 0.3) is 0 Å². The lowest BCUT2D eigenvalue weighted by Crippen LogP contribution is -2.08. The van der Waals surface area contributed by atoms with E-state index in [-0.39, 0.29) is 0 Å². The van der Waals surface area contributed by atoms with Gasteiger partial charge >= 0.3 is 5.97 Å². The van der Waals surface area contributed by atoms with E-state index in [2.05, 4.69) is 5.32 Å². The van der Waals surface area contributed by atoms with Crippen molar-refractivity contribution in [3.05, 3.63) is 52.5 Å². The Labute approximate surface area is 128 Å². The lowest BCUT2D eigenvalue weighted by molar-refractivity contribution is 0.0527. The Balaban J connectivity index is 2.26. The van der Waals surface area contributed by atoms with Crippen LogP contribution in [-0.2, 0) is 4.74 Å². The van der Waals surface area contributed by atoms with E-state index >= 15 is 0 Å². The molecule has 0 aliphatic rings. The molecule has 2 rings (SSSR count). The fourth-order valence-corrected chi connectivity index (χ4v) is 2.04. The maximum atomic E-state index is 11.8. The van der Waals surface area contributed by atoms with Crippen molar-refractivity contribution in [3.8, 4) is 0 Å². The predicted molar refractivity (Wildman–Crippen MR) is 86.3 cm³/mol. The second-order valence-corrected chi connectivity index (χ2v) is 5.02. The molecule has 0 aliphatic carbocycles. The minimum absolute atomic E-state index is 0.309. The molecule has 0 bridgehead atoms. The monoisotopic (exact) mass is 304 g/mol. The molecule has 5 heteroatoms. The number of rotatable bonds is 4. The SMILES string of the molecule is CCOC(=O)c1cc(Nc2ccc(C)c(Cl)c2)ccc1N. The first-order chi connectivity index (χ1) is 10.0. The van der Waals surface area contributed by atoms with Crippen LogP contribution in [0.3, 0.4) is 0 Å². The lowest BCUT2D eigenvalue weighted by atomic mass is 10.1. The molecule has 2 aromatic carbocycles. The van der Waals surface area contributed by atoms with E-state index in [1.165, 1.54) is 0 Å². The maximum Gasteiger partial charge on any atom is 0.340 e. The molecule has 2 aromatic rings. The number of nitrogen functional groups attached to an aromatic ring is 1. The largest absolute Gasteiger partial charge is 0.462 e. The van der Waals surface area contributed by atoms with E-state index in [0.717, 1.165) is 16.9 Å². The molecule has 0 aliphatic heterocycles. The first-order valence-electron chi connectivity index (χ1n) is 6.61. The molecular formula is C16H17ClN2O2. The van der Waals surface area contributed by atoms with Crippen LogP contribution in [0, 0.1) is 6.92 Å². The van der Waals surface area contributed by atoms with Gasteiger partial charge in [-0.25, -0.2) is 4.79 Å². The summed E-state index contributed by atoms with van der Waals surface area (Å²) in [5.74, 6) is -0.430. The molecule has 0 unspecified atom stereocenters. The van der Waals surface area contributed by atoms with Crippen molar-refractivity contribution in [1.82, 2.24) is 0 Å². The quantitative estimate of drug-likeness (QED) is 0.658. The molecule has 0 saturated carbocycles. The van der Waals surface area contributed by atoms with Gasteiger partial charge in [-0.05, 0) is 49.7 Å². The molecule has 0 spiro atoms. The zero-order valence-corrected chi connectivity index (χ0v) is 12.7. The number of carbonyl (C=O) groups is 1. The minimum atomic E-state index is -0.430. The number of halogens is 1. The summed E-state index contributed by atoms with van der Waals surface area (Å²) in [6.07, 6.45) is 0. The highest BCUT2D eigenvalue weighted by Crippen LogP contribution is 2.25. The molecule has 0 radical (unpaired) electrons. The van der Waals surface area contributed by atoms with Gasteiger partial charge in [-0.1, -0.05) is 17.7 Å². The number of carbonyl (C=O) groups excluding carboxylic acids is 1. The molecule has 0 atom stereocenters. The van der Waals surface area contributed by atoms with Gasteiger partial charge in [0.2, 0.25) is 0 Å². The van der Waals surface area contributed by atoms with Crippen molar-refractivity contribution in [2.75, 3.05) is 17.7 Å². The van der Waals surface area contributed by atoms with Crippen molar-refractivity contribution in [2.45, 2.75) is 13.8 Å². The molecule has 21 heavy (non-hydrogen) atoms. The highest BCUT2D eigenvalue weighted by atomic mass is 35.5. The van der Waals surface area contributed by atoms with Gasteiger partial charge < -0.3 is 15.8 Å². The van der Waals surface area contributed by atoms with Crippen molar-refractivity contribution in [2.24, 2.45) is 0 Å². The van der Waals surface area contributed by atoms with Crippen molar-refractivity contribution in [1.29, 1.82) is 0 Å². The number of esters is 1. The van der Waals surface area contributed by atoms with Crippen molar-refractivity contribution in [3.63, 3.8) is 0 Å². The lowest BCUT2D eigenvalue weighted by Gasteiger charge is -2.11. The number of nitrogens with two attached hydrogens (primary N) is 1. The van der Waals surface area contributed by atoms with Crippen LogP contribution >= 0.6 is 11.6 Å².